The molecule has 10 nitrogen and oxygen atoms in total. The third kappa shape index (κ3) is 6.50. The minimum Gasteiger partial charge on any atom is -0.438 e. The summed E-state index contributed by atoms with van der Waals surface area (Å²) in [6.45, 7) is 10.8. The van der Waals surface area contributed by atoms with Crippen LogP contribution in [0.2, 0.25) is 0 Å². The third-order valence-electron chi connectivity index (χ3n) is 12.4. The summed E-state index contributed by atoms with van der Waals surface area (Å²) in [5.74, 6) is 0.539. The number of Topliss-reactive ketones (excluding diaryl/α,β-unsaturated/α-hetero) is 1. The fourth-order valence-corrected chi connectivity index (χ4v) is 9.61. The van der Waals surface area contributed by atoms with E-state index in [4.69, 9.17) is 28.4 Å². The highest BCUT2D eigenvalue weighted by atomic mass is 16.7. The summed E-state index contributed by atoms with van der Waals surface area (Å²) in [6.07, 6.45) is 8.31. The van der Waals surface area contributed by atoms with Crippen molar-refractivity contribution >= 4 is 18.1 Å². The number of hydrogen-bond donors (Lipinski definition) is 1. The lowest BCUT2D eigenvalue weighted by atomic mass is 9.49. The fourth-order valence-electron chi connectivity index (χ4n) is 9.61. The molecule has 1 aliphatic heterocycles. The van der Waals surface area contributed by atoms with E-state index in [0.717, 1.165) is 50.5 Å². The number of allylic oxidation sites excluding steroid dienone is 3. The quantitative estimate of drug-likeness (QED) is 0.271. The van der Waals surface area contributed by atoms with Crippen molar-refractivity contribution in [2.45, 2.75) is 129 Å². The van der Waals surface area contributed by atoms with E-state index in [2.05, 4.69) is 32.9 Å². The van der Waals surface area contributed by atoms with Crippen molar-refractivity contribution in [3.05, 3.63) is 23.3 Å². The van der Waals surface area contributed by atoms with Crippen LogP contribution < -0.4 is 0 Å². The second kappa shape index (κ2) is 13.6. The van der Waals surface area contributed by atoms with Crippen molar-refractivity contribution in [1.82, 2.24) is 0 Å². The first-order valence-electron chi connectivity index (χ1n) is 17.2. The van der Waals surface area contributed by atoms with E-state index < -0.39 is 41.6 Å². The van der Waals surface area contributed by atoms with Gasteiger partial charge in [0.2, 0.25) is 0 Å². The summed E-state index contributed by atoms with van der Waals surface area (Å²) in [7, 11) is 2.58. The molecule has 3 saturated carbocycles. The monoisotopic (exact) mass is 646 g/mol. The zero-order valence-electron chi connectivity index (χ0n) is 28.7. The Morgan fingerprint density at radius 2 is 1.72 bits per heavy atom. The number of ether oxygens (including phenoxy) is 6. The average Bonchev–Trinajstić information content (AvgIpc) is 3.38. The molecule has 1 N–H and O–H groups in total. The Kier molecular flexibility index (Phi) is 10.3. The lowest BCUT2D eigenvalue weighted by Crippen LogP contribution is -2.54. The van der Waals surface area contributed by atoms with Crippen LogP contribution >= 0.6 is 0 Å². The Morgan fingerprint density at radius 3 is 2.39 bits per heavy atom. The molecule has 5 rings (SSSR count). The Balaban J connectivity index is 1.32. The molecule has 0 amide bonds. The molecule has 0 bridgehead atoms. The number of hydrogen-bond acceptors (Lipinski definition) is 10. The number of carbonyl (C=O) groups excluding carboxylic acids is 3. The van der Waals surface area contributed by atoms with E-state index in [-0.39, 0.29) is 41.7 Å². The lowest BCUT2D eigenvalue weighted by molar-refractivity contribution is -0.215. The number of aliphatic hydroxyl groups is 1. The molecule has 4 aliphatic carbocycles. The summed E-state index contributed by atoms with van der Waals surface area (Å²) in [6, 6.07) is 0. The predicted octanol–water partition coefficient (Wildman–Crippen LogP) is 6.68. The van der Waals surface area contributed by atoms with Crippen LogP contribution in [-0.2, 0) is 33.2 Å². The largest absolute Gasteiger partial charge is 0.508 e. The van der Waals surface area contributed by atoms with E-state index in [1.165, 1.54) is 19.8 Å². The molecule has 4 fully saturated rings. The average molecular weight is 647 g/mol. The molecule has 0 spiro atoms. The maximum Gasteiger partial charge on any atom is 0.508 e. The third-order valence-corrected chi connectivity index (χ3v) is 12.4. The van der Waals surface area contributed by atoms with Gasteiger partial charge in [-0.25, -0.2) is 9.59 Å². The number of ketones is 1. The van der Waals surface area contributed by atoms with Crippen LogP contribution in [0.3, 0.4) is 0 Å². The van der Waals surface area contributed by atoms with Crippen LogP contribution in [0.25, 0.3) is 0 Å². The van der Waals surface area contributed by atoms with Gasteiger partial charge in [-0.2, -0.15) is 0 Å². The molecular formula is C36H54O10. The molecule has 0 aromatic carbocycles. The SMILES string of the molecule is COC(=O)O[C@@H]1CC2=CC=C3[C@@H]4CC[C@H]([C@@H](C)C(O)CC(=O)C(C)(C)OC5CCCCO5)[C@@]4(C)CC[C@@H]3[C@@]2(C)[C@@H](OC(=O)OC)C1. The predicted molar refractivity (Wildman–Crippen MR) is 169 cm³/mol. The van der Waals surface area contributed by atoms with Gasteiger partial charge < -0.3 is 33.5 Å². The van der Waals surface area contributed by atoms with E-state index in [1.54, 1.807) is 13.8 Å². The molecule has 1 heterocycles. The summed E-state index contributed by atoms with van der Waals surface area (Å²) in [4.78, 5) is 37.8. The lowest BCUT2D eigenvalue weighted by Gasteiger charge is -2.57. The van der Waals surface area contributed by atoms with Gasteiger partial charge in [-0.3, -0.25) is 4.79 Å². The summed E-state index contributed by atoms with van der Waals surface area (Å²) in [5, 5.41) is 11.5. The molecule has 1 saturated heterocycles. The minimum absolute atomic E-state index is 0.0423. The van der Waals surface area contributed by atoms with Gasteiger partial charge in [0.1, 0.15) is 17.8 Å². The number of carbonyl (C=O) groups is 3. The van der Waals surface area contributed by atoms with Gasteiger partial charge in [-0.1, -0.05) is 44.1 Å². The number of rotatable bonds is 9. The van der Waals surface area contributed by atoms with Crippen LogP contribution in [0.5, 0.6) is 0 Å². The number of fused-ring (bicyclic) bond motifs is 5. The Morgan fingerprint density at radius 1 is 1.00 bits per heavy atom. The normalized spacial score (nSPS) is 36.9. The van der Waals surface area contributed by atoms with E-state index in [0.29, 0.717) is 25.4 Å². The molecule has 0 aromatic rings. The van der Waals surface area contributed by atoms with Crippen molar-refractivity contribution in [3.63, 3.8) is 0 Å². The van der Waals surface area contributed by atoms with Crippen LogP contribution in [0.1, 0.15) is 98.8 Å². The van der Waals surface area contributed by atoms with Crippen LogP contribution in [0.15, 0.2) is 23.3 Å². The maximum absolute atomic E-state index is 13.4. The Bertz CT molecular complexity index is 1220. The van der Waals surface area contributed by atoms with Crippen LogP contribution in [0, 0.1) is 34.5 Å². The van der Waals surface area contributed by atoms with Crippen molar-refractivity contribution in [2.24, 2.45) is 34.5 Å². The Labute approximate surface area is 273 Å². The first kappa shape index (κ1) is 34.9. The highest BCUT2D eigenvalue weighted by molar-refractivity contribution is 5.86. The van der Waals surface area contributed by atoms with Crippen molar-refractivity contribution < 1.29 is 47.9 Å². The van der Waals surface area contributed by atoms with Gasteiger partial charge in [0.25, 0.3) is 0 Å². The van der Waals surface area contributed by atoms with Crippen molar-refractivity contribution in [3.8, 4) is 0 Å². The number of methoxy groups -OCH3 is 2. The topological polar surface area (TPSA) is 127 Å². The zero-order valence-corrected chi connectivity index (χ0v) is 28.7. The summed E-state index contributed by atoms with van der Waals surface area (Å²) < 4.78 is 32.8. The molecule has 46 heavy (non-hydrogen) atoms. The van der Waals surface area contributed by atoms with Crippen molar-refractivity contribution in [2.75, 3.05) is 20.8 Å². The molecule has 5 aliphatic rings. The van der Waals surface area contributed by atoms with E-state index in [1.807, 2.05) is 0 Å². The van der Waals surface area contributed by atoms with Gasteiger partial charge in [-0.05, 0) is 87.9 Å². The molecule has 10 heteroatoms. The highest BCUT2D eigenvalue weighted by Gasteiger charge is 2.60. The summed E-state index contributed by atoms with van der Waals surface area (Å²) in [5.41, 5.74) is 0.921. The minimum atomic E-state index is -1.03. The highest BCUT2D eigenvalue weighted by Crippen LogP contribution is 2.66. The smallest absolute Gasteiger partial charge is 0.438 e. The van der Waals surface area contributed by atoms with Gasteiger partial charge in [0, 0.05) is 31.3 Å². The van der Waals surface area contributed by atoms with E-state index >= 15 is 0 Å². The van der Waals surface area contributed by atoms with Crippen molar-refractivity contribution in [1.29, 1.82) is 0 Å². The fraction of sp³-hybridized carbons (Fsp3) is 0.806. The first-order chi connectivity index (χ1) is 21.7. The molecular weight excluding hydrogens is 592 g/mol. The molecule has 2 unspecified atom stereocenters. The van der Waals surface area contributed by atoms with Gasteiger partial charge in [0.05, 0.1) is 20.3 Å². The Hall–Kier alpha value is -2.43. The second-order valence-electron chi connectivity index (χ2n) is 15.1. The van der Waals surface area contributed by atoms with Gasteiger partial charge in [-0.15, -0.1) is 0 Å². The number of aliphatic hydroxyl groups excluding tert-OH is 1. The maximum atomic E-state index is 13.4. The molecule has 0 aromatic heterocycles. The van der Waals surface area contributed by atoms with E-state index in [9.17, 15) is 19.5 Å². The van der Waals surface area contributed by atoms with Crippen LogP contribution in [0.4, 0.5) is 9.59 Å². The standard InChI is InChI=1S/C36H54O10/c1-21(28(37)20-29(38)34(2,3)46-31-10-8-9-17-43-31)25-13-14-26-24-12-11-22-18-23(44-32(39)41-6)19-30(45-33(40)42-7)36(22,5)27(24)15-16-35(25,26)4/h11-12,21,23,25-28,30-31,37H,8-10,13-20H2,1-7H3/t21-,23-,25-,26+,27+,28?,30+,31?,35-,36+/m1/s1. The summed E-state index contributed by atoms with van der Waals surface area (Å²) >= 11 is 0. The first-order valence-corrected chi connectivity index (χ1v) is 17.2. The molecule has 0 radical (unpaired) electrons. The van der Waals surface area contributed by atoms with Gasteiger partial charge >= 0.3 is 12.3 Å². The molecule has 10 atom stereocenters. The zero-order chi connectivity index (χ0) is 33.4. The van der Waals surface area contributed by atoms with Crippen LogP contribution in [-0.4, -0.2) is 74.2 Å². The second-order valence-corrected chi connectivity index (χ2v) is 15.1. The van der Waals surface area contributed by atoms with Gasteiger partial charge in [0.15, 0.2) is 12.1 Å². The molecule has 258 valence electrons.